The Bertz CT molecular complexity index is 1330. The molecule has 4 rings (SSSR count). The lowest BCUT2D eigenvalue weighted by Crippen LogP contribution is -2.17. The first-order valence-corrected chi connectivity index (χ1v) is 10.8. The monoisotopic (exact) mass is 426 g/mol. The van der Waals surface area contributed by atoms with Crippen LogP contribution in [0, 0.1) is 12.7 Å². The van der Waals surface area contributed by atoms with Gasteiger partial charge in [0.15, 0.2) is 9.84 Å². The highest BCUT2D eigenvalue weighted by Gasteiger charge is 2.36. The van der Waals surface area contributed by atoms with Crippen molar-refractivity contribution < 1.29 is 22.7 Å². The van der Waals surface area contributed by atoms with Gasteiger partial charge in [-0.25, -0.2) is 12.8 Å². The maximum absolute atomic E-state index is 14.2. The highest BCUT2D eigenvalue weighted by Crippen LogP contribution is 2.41. The molecule has 0 amide bonds. The number of aliphatic carboxylic acids is 1. The van der Waals surface area contributed by atoms with Crippen LogP contribution >= 0.6 is 0 Å². The number of carboxylic acids is 1. The predicted octanol–water partition coefficient (Wildman–Crippen LogP) is 4.06. The fourth-order valence-corrected chi connectivity index (χ4v) is 5.78. The fourth-order valence-electron chi connectivity index (χ4n) is 3.88. The summed E-state index contributed by atoms with van der Waals surface area (Å²) in [6.45, 7) is 1.30. The third-order valence-corrected chi connectivity index (χ3v) is 7.22. The largest absolute Gasteiger partial charge is 0.480 e. The summed E-state index contributed by atoms with van der Waals surface area (Å²) in [5.74, 6) is -1.60. The van der Waals surface area contributed by atoms with Crippen LogP contribution in [0.15, 0.2) is 71.8 Å². The summed E-state index contributed by atoms with van der Waals surface area (Å²) in [5, 5.41) is 8.57. The number of nitrogens with zero attached hydrogens (tertiary/aromatic N) is 1. The molecule has 0 aliphatic heterocycles. The highest BCUT2D eigenvalue weighted by molar-refractivity contribution is 7.92. The number of carbonyl (C=O) groups is 1. The van der Waals surface area contributed by atoms with Gasteiger partial charge in [-0.3, -0.25) is 4.79 Å². The molecule has 6 nitrogen and oxygen atoms in total. The first-order valence-electron chi connectivity index (χ1n) is 9.23. The van der Waals surface area contributed by atoms with Crippen molar-refractivity contribution in [2.75, 3.05) is 0 Å². The average Bonchev–Trinajstić information content (AvgIpc) is 3.32. The normalized spacial score (nSPS) is 12.9. The second kappa shape index (κ2) is 7.46. The van der Waals surface area contributed by atoms with Gasteiger partial charge in [-0.2, -0.15) is 0 Å². The van der Waals surface area contributed by atoms with Crippen LogP contribution in [0.1, 0.15) is 22.2 Å². The number of hydrogen-bond donors (Lipinski definition) is 2. The van der Waals surface area contributed by atoms with E-state index in [1.165, 1.54) is 34.9 Å². The lowest BCUT2D eigenvalue weighted by molar-refractivity contribution is -0.137. The van der Waals surface area contributed by atoms with E-state index >= 15 is 0 Å². The van der Waals surface area contributed by atoms with Crippen LogP contribution in [-0.2, 0) is 21.2 Å². The summed E-state index contributed by atoms with van der Waals surface area (Å²) < 4.78 is 43.1. The minimum atomic E-state index is -3.93. The van der Waals surface area contributed by atoms with Gasteiger partial charge in [0.2, 0.25) is 0 Å². The number of aromatic amines is 1. The van der Waals surface area contributed by atoms with E-state index < -0.39 is 26.9 Å². The van der Waals surface area contributed by atoms with E-state index in [1.54, 1.807) is 43.5 Å². The van der Waals surface area contributed by atoms with Gasteiger partial charge in [-0.15, -0.1) is 0 Å². The topological polar surface area (TPSA) is 92.2 Å². The number of carboxylic acid groups (broad SMARTS) is 1. The minimum absolute atomic E-state index is 0.125. The summed E-state index contributed by atoms with van der Waals surface area (Å²) in [6.07, 6.45) is 1.62. The molecule has 0 fully saturated rings. The van der Waals surface area contributed by atoms with Crippen molar-refractivity contribution in [3.05, 3.63) is 89.6 Å². The Hall–Kier alpha value is -3.39. The van der Waals surface area contributed by atoms with Gasteiger partial charge in [0.25, 0.3) is 0 Å². The van der Waals surface area contributed by atoms with Crippen LogP contribution in [0.5, 0.6) is 0 Å². The van der Waals surface area contributed by atoms with Crippen LogP contribution in [-0.4, -0.2) is 29.0 Å². The molecule has 0 spiro atoms. The summed E-state index contributed by atoms with van der Waals surface area (Å²) in [7, 11) is -3.93. The number of fused-ring (bicyclic) bond motifs is 1. The smallest absolute Gasteiger partial charge is 0.323 e. The summed E-state index contributed by atoms with van der Waals surface area (Å²) in [5.41, 5.74) is 1.70. The highest BCUT2D eigenvalue weighted by atomic mass is 32.2. The van der Waals surface area contributed by atoms with E-state index in [0.717, 1.165) is 0 Å². The molecule has 2 aromatic heterocycles. The van der Waals surface area contributed by atoms with Gasteiger partial charge in [0.1, 0.15) is 17.6 Å². The predicted molar refractivity (Wildman–Crippen MR) is 111 cm³/mol. The van der Waals surface area contributed by atoms with Crippen molar-refractivity contribution in [2.45, 2.75) is 23.6 Å². The minimum Gasteiger partial charge on any atom is -0.480 e. The molecule has 0 saturated carbocycles. The Morgan fingerprint density at radius 1 is 1.13 bits per heavy atom. The lowest BCUT2D eigenvalue weighted by atomic mass is 10.1. The number of H-pyrrole nitrogens is 1. The average molecular weight is 426 g/mol. The van der Waals surface area contributed by atoms with Gasteiger partial charge < -0.3 is 14.7 Å². The third-order valence-electron chi connectivity index (χ3n) is 5.18. The first-order chi connectivity index (χ1) is 14.3. The lowest BCUT2D eigenvalue weighted by Gasteiger charge is -2.18. The molecule has 8 heteroatoms. The first kappa shape index (κ1) is 19.9. The van der Waals surface area contributed by atoms with E-state index in [9.17, 15) is 22.7 Å². The van der Waals surface area contributed by atoms with Gasteiger partial charge in [-0.05, 0) is 49.4 Å². The third kappa shape index (κ3) is 3.29. The Kier molecular flexibility index (Phi) is 4.95. The maximum atomic E-state index is 14.2. The maximum Gasteiger partial charge on any atom is 0.323 e. The number of nitrogens with one attached hydrogen (secondary N) is 1. The Morgan fingerprint density at radius 3 is 2.50 bits per heavy atom. The second-order valence-electron chi connectivity index (χ2n) is 7.00. The van der Waals surface area contributed by atoms with Gasteiger partial charge >= 0.3 is 5.97 Å². The van der Waals surface area contributed by atoms with E-state index in [4.69, 9.17) is 0 Å². The van der Waals surface area contributed by atoms with Crippen molar-refractivity contribution >= 4 is 26.7 Å². The molecule has 1 atom stereocenters. The zero-order valence-electron chi connectivity index (χ0n) is 16.0. The molecule has 0 aliphatic rings. The van der Waals surface area contributed by atoms with Crippen LogP contribution in [0.4, 0.5) is 4.39 Å². The van der Waals surface area contributed by atoms with Crippen molar-refractivity contribution in [2.24, 2.45) is 0 Å². The Balaban J connectivity index is 2.07. The molecular weight excluding hydrogens is 407 g/mol. The van der Waals surface area contributed by atoms with Gasteiger partial charge in [0.05, 0.1) is 4.90 Å². The number of benzene rings is 2. The fraction of sp³-hybridized carbons (Fsp3) is 0.136. The molecule has 30 heavy (non-hydrogen) atoms. The summed E-state index contributed by atoms with van der Waals surface area (Å²) in [4.78, 5) is 14.5. The molecule has 0 saturated heterocycles. The molecule has 154 valence electrons. The van der Waals surface area contributed by atoms with Gasteiger partial charge in [-0.1, -0.05) is 18.2 Å². The van der Waals surface area contributed by atoms with E-state index in [1.807, 2.05) is 0 Å². The number of hydrogen-bond acceptors (Lipinski definition) is 3. The second-order valence-corrected chi connectivity index (χ2v) is 9.04. The van der Waals surface area contributed by atoms with Crippen molar-refractivity contribution in [3.8, 4) is 0 Å². The molecule has 2 aromatic carbocycles. The molecule has 2 heterocycles. The Morgan fingerprint density at radius 2 is 1.87 bits per heavy atom. The van der Waals surface area contributed by atoms with Crippen molar-refractivity contribution in [1.29, 1.82) is 0 Å². The van der Waals surface area contributed by atoms with Crippen LogP contribution < -0.4 is 0 Å². The zero-order chi connectivity index (χ0) is 21.5. The molecule has 0 radical (unpaired) electrons. The number of halogens is 1. The summed E-state index contributed by atoms with van der Waals surface area (Å²) >= 11 is 0. The van der Waals surface area contributed by atoms with E-state index in [0.29, 0.717) is 27.9 Å². The van der Waals surface area contributed by atoms with Crippen molar-refractivity contribution in [1.82, 2.24) is 9.55 Å². The molecule has 1 unspecified atom stereocenters. The van der Waals surface area contributed by atoms with Gasteiger partial charge in [0, 0.05) is 34.1 Å². The van der Waals surface area contributed by atoms with E-state index in [2.05, 4.69) is 4.98 Å². The summed E-state index contributed by atoms with van der Waals surface area (Å²) in [6, 6.07) is 15.3. The molecular formula is C22H19FN2O4S. The molecule has 4 aromatic rings. The number of rotatable bonds is 6. The number of sulfone groups is 1. The standard InChI is InChI=1S/C22H19FN2O4S/c1-14-21(17-12-15(23)9-10-19(17)25(14)13-20(26)27)22(18-8-5-11-24-18)30(28,29)16-6-3-2-4-7-16/h2-12,22,24H,13H2,1H3,(H,26,27). The van der Waals surface area contributed by atoms with Crippen molar-refractivity contribution in [3.63, 3.8) is 0 Å². The zero-order valence-corrected chi connectivity index (χ0v) is 16.9. The quantitative estimate of drug-likeness (QED) is 0.486. The van der Waals surface area contributed by atoms with Crippen LogP contribution in [0.2, 0.25) is 0 Å². The molecule has 0 bridgehead atoms. The SMILES string of the molecule is Cc1c(C(c2ccc[nH]2)S(=O)(=O)c2ccccc2)c2cc(F)ccc2n1CC(=O)O. The van der Waals surface area contributed by atoms with Crippen LogP contribution in [0.25, 0.3) is 10.9 Å². The van der Waals surface area contributed by atoms with Crippen LogP contribution in [0.3, 0.4) is 0 Å². The number of aromatic nitrogens is 2. The molecule has 2 N–H and O–H groups in total. The molecule has 0 aliphatic carbocycles. The Labute approximate surface area is 172 Å². The van der Waals surface area contributed by atoms with E-state index in [-0.39, 0.29) is 11.4 Å².